The monoisotopic (exact) mass is 593 g/mol. The number of nitrogens with zero attached hydrogens (tertiary/aromatic N) is 2. The van der Waals surface area contributed by atoms with Gasteiger partial charge in [-0.15, -0.1) is 0 Å². The van der Waals surface area contributed by atoms with E-state index in [0.717, 1.165) is 66.8 Å². The average Bonchev–Trinajstić information content (AvgIpc) is 3.32. The van der Waals surface area contributed by atoms with Crippen molar-refractivity contribution in [3.8, 4) is 11.5 Å². The normalized spacial score (nSPS) is 16.5. The van der Waals surface area contributed by atoms with Crippen LogP contribution in [0.4, 0.5) is 11.4 Å². The Bertz CT molecular complexity index is 1620. The lowest BCUT2D eigenvalue weighted by molar-refractivity contribution is -0.112. The Hall–Kier alpha value is -3.60. The summed E-state index contributed by atoms with van der Waals surface area (Å²) in [6, 6.07) is 15.5. The van der Waals surface area contributed by atoms with Gasteiger partial charge in [-0.25, -0.2) is 8.42 Å². The zero-order valence-electron chi connectivity index (χ0n) is 24.9. The second-order valence-corrected chi connectivity index (χ2v) is 13.4. The second-order valence-electron chi connectivity index (χ2n) is 11.7. The molecule has 0 atom stereocenters. The summed E-state index contributed by atoms with van der Waals surface area (Å²) in [4.78, 5) is 18.0. The van der Waals surface area contributed by atoms with Crippen LogP contribution in [-0.2, 0) is 25.0 Å². The van der Waals surface area contributed by atoms with Crippen LogP contribution in [0, 0.1) is 0 Å². The first-order valence-corrected chi connectivity index (χ1v) is 16.0. The highest BCUT2D eigenvalue weighted by Crippen LogP contribution is 2.44. The molecule has 3 aromatic rings. The molecule has 10 heteroatoms. The summed E-state index contributed by atoms with van der Waals surface area (Å²) in [6.45, 7) is 11.1. The maximum atomic E-state index is 14.0. The lowest BCUT2D eigenvalue weighted by Crippen LogP contribution is -2.38. The van der Waals surface area contributed by atoms with Gasteiger partial charge in [-0.3, -0.25) is 14.4 Å². The number of carbonyl (C=O) groups is 1. The van der Waals surface area contributed by atoms with Crippen molar-refractivity contribution in [2.24, 2.45) is 0 Å². The number of methoxy groups -OCH3 is 1. The van der Waals surface area contributed by atoms with Crippen molar-refractivity contribution in [3.05, 3.63) is 65.7 Å². The Morgan fingerprint density at radius 2 is 1.74 bits per heavy atom. The third-order valence-electron chi connectivity index (χ3n) is 7.62. The molecule has 0 radical (unpaired) electrons. The van der Waals surface area contributed by atoms with Gasteiger partial charge < -0.3 is 19.1 Å². The molecule has 0 unspecified atom stereocenters. The highest BCUT2D eigenvalue weighted by atomic mass is 32.2. The molecule has 1 N–H and O–H groups in total. The van der Waals surface area contributed by atoms with E-state index in [9.17, 15) is 13.2 Å². The molecule has 1 amide bonds. The zero-order valence-corrected chi connectivity index (χ0v) is 25.7. The molecule has 224 valence electrons. The molecule has 0 aromatic heterocycles. The zero-order chi connectivity index (χ0) is 30.1. The van der Waals surface area contributed by atoms with Crippen LogP contribution in [0.5, 0.6) is 11.5 Å². The van der Waals surface area contributed by atoms with Crippen LogP contribution in [0.1, 0.15) is 31.9 Å². The number of sulfonamides is 1. The Balaban J connectivity index is 1.46. The van der Waals surface area contributed by atoms with Crippen molar-refractivity contribution in [2.45, 2.75) is 26.2 Å². The predicted molar refractivity (Wildman–Crippen MR) is 167 cm³/mol. The fourth-order valence-electron chi connectivity index (χ4n) is 5.41. The predicted octanol–water partition coefficient (Wildman–Crippen LogP) is 4.66. The van der Waals surface area contributed by atoms with Crippen LogP contribution >= 0.6 is 0 Å². The van der Waals surface area contributed by atoms with E-state index in [-0.39, 0.29) is 11.3 Å². The lowest BCUT2D eigenvalue weighted by Gasteiger charge is -2.27. The van der Waals surface area contributed by atoms with E-state index in [1.165, 1.54) is 7.11 Å². The van der Waals surface area contributed by atoms with Crippen molar-refractivity contribution in [3.63, 3.8) is 0 Å². The van der Waals surface area contributed by atoms with Crippen molar-refractivity contribution in [2.75, 3.05) is 69.0 Å². The van der Waals surface area contributed by atoms with Gasteiger partial charge in [0.25, 0.3) is 5.91 Å². The number of nitrogens with one attached hydrogen (secondary N) is 1. The fraction of sp³-hybridized carbons (Fsp3) is 0.406. The molecular formula is C32H39N3O6S. The van der Waals surface area contributed by atoms with E-state index in [1.807, 2.05) is 69.3 Å². The number of ether oxygens (including phenoxy) is 3. The summed E-state index contributed by atoms with van der Waals surface area (Å²) < 4.78 is 44.3. The molecule has 1 saturated heterocycles. The number of hydrogen-bond acceptors (Lipinski definition) is 7. The quantitative estimate of drug-likeness (QED) is 0.386. The highest BCUT2D eigenvalue weighted by Gasteiger charge is 2.32. The Morgan fingerprint density at radius 1 is 1.02 bits per heavy atom. The van der Waals surface area contributed by atoms with E-state index in [1.54, 1.807) is 11.0 Å². The molecule has 1 fully saturated rings. The number of rotatable bonds is 9. The maximum absolute atomic E-state index is 14.0. The molecule has 0 bridgehead atoms. The second kappa shape index (κ2) is 11.9. The van der Waals surface area contributed by atoms with E-state index in [2.05, 4.69) is 9.62 Å². The van der Waals surface area contributed by atoms with Gasteiger partial charge in [-0.1, -0.05) is 51.1 Å². The molecule has 2 aliphatic rings. The van der Waals surface area contributed by atoms with Gasteiger partial charge in [0, 0.05) is 37.1 Å². The number of carbonyl (C=O) groups excluding carboxylic acids is 1. The molecular weight excluding hydrogens is 554 g/mol. The first-order valence-electron chi connectivity index (χ1n) is 14.1. The summed E-state index contributed by atoms with van der Waals surface area (Å²) in [5, 5.41) is 1.87. The van der Waals surface area contributed by atoms with Crippen LogP contribution in [0.15, 0.2) is 54.6 Å². The minimum absolute atomic E-state index is 0.184. The summed E-state index contributed by atoms with van der Waals surface area (Å²) >= 11 is 0. The molecule has 42 heavy (non-hydrogen) atoms. The summed E-state index contributed by atoms with van der Waals surface area (Å²) in [5.74, 6) is 0.891. The maximum Gasteiger partial charge on any atom is 0.259 e. The largest absolute Gasteiger partial charge is 0.492 e. The number of fused-ring (bicyclic) bond motifs is 1. The third-order valence-corrected chi connectivity index (χ3v) is 8.21. The van der Waals surface area contributed by atoms with E-state index >= 15 is 0 Å². The first-order chi connectivity index (χ1) is 20.0. The molecule has 2 heterocycles. The Kier molecular flexibility index (Phi) is 8.50. The Labute approximate surface area is 248 Å². The van der Waals surface area contributed by atoms with Crippen molar-refractivity contribution in [1.82, 2.24) is 4.90 Å². The van der Waals surface area contributed by atoms with Gasteiger partial charge in [-0.2, -0.15) is 0 Å². The number of hydrogen-bond donors (Lipinski definition) is 1. The standard InChI is InChI=1S/C32H39N3O6S/c1-32(2,3)22-20-27(33-42(5,37)38)30(39-4)28(21-22)35-13-12-26(31(35)36)24-10-11-29(25-9-7-6-8-23(24)25)41-19-16-34-14-17-40-18-15-34/h6-12,20-21,33H,13-19H2,1-5H3. The number of morpholine rings is 1. The van der Waals surface area contributed by atoms with Gasteiger partial charge in [0.05, 0.1) is 38.0 Å². The topological polar surface area (TPSA) is 97.4 Å². The van der Waals surface area contributed by atoms with Crippen molar-refractivity contribution < 1.29 is 27.4 Å². The molecule has 0 spiro atoms. The fourth-order valence-corrected chi connectivity index (χ4v) is 5.96. The van der Waals surface area contributed by atoms with E-state index in [4.69, 9.17) is 14.2 Å². The van der Waals surface area contributed by atoms with Gasteiger partial charge in [0.2, 0.25) is 10.0 Å². The molecule has 5 rings (SSSR count). The summed E-state index contributed by atoms with van der Waals surface area (Å²) in [6.07, 6.45) is 3.01. The van der Waals surface area contributed by atoms with Crippen LogP contribution in [-0.4, -0.2) is 78.6 Å². The molecule has 3 aromatic carbocycles. The highest BCUT2D eigenvalue weighted by molar-refractivity contribution is 7.92. The number of anilines is 2. The molecule has 0 aliphatic carbocycles. The van der Waals surface area contributed by atoms with Crippen LogP contribution < -0.4 is 19.1 Å². The van der Waals surface area contributed by atoms with Crippen LogP contribution in [0.2, 0.25) is 0 Å². The minimum atomic E-state index is -3.59. The smallest absolute Gasteiger partial charge is 0.259 e. The van der Waals surface area contributed by atoms with Crippen LogP contribution in [0.25, 0.3) is 16.3 Å². The molecule has 2 aliphatic heterocycles. The summed E-state index contributed by atoms with van der Waals surface area (Å²) in [7, 11) is -2.11. The number of benzene rings is 3. The first kappa shape index (κ1) is 29.9. The summed E-state index contributed by atoms with van der Waals surface area (Å²) in [5.41, 5.74) is 2.77. The van der Waals surface area contributed by atoms with Gasteiger partial charge in [0.1, 0.15) is 12.4 Å². The molecule has 0 saturated carbocycles. The van der Waals surface area contributed by atoms with Crippen molar-refractivity contribution in [1.29, 1.82) is 0 Å². The average molecular weight is 594 g/mol. The molecule has 9 nitrogen and oxygen atoms in total. The van der Waals surface area contributed by atoms with Gasteiger partial charge in [0.15, 0.2) is 5.75 Å². The lowest BCUT2D eigenvalue weighted by atomic mass is 9.86. The van der Waals surface area contributed by atoms with Gasteiger partial charge in [-0.05, 0) is 46.2 Å². The van der Waals surface area contributed by atoms with E-state index < -0.39 is 10.0 Å². The van der Waals surface area contributed by atoms with E-state index in [0.29, 0.717) is 35.8 Å². The SMILES string of the molecule is COc1c(NS(C)(=O)=O)cc(C(C)(C)C)cc1N1CC=C(c2ccc(OCCN3CCOCC3)c3ccccc23)C1=O. The third kappa shape index (κ3) is 6.40. The van der Waals surface area contributed by atoms with Crippen molar-refractivity contribution >= 4 is 43.7 Å². The minimum Gasteiger partial charge on any atom is -0.492 e. The number of amides is 1. The Morgan fingerprint density at radius 3 is 2.40 bits per heavy atom. The van der Waals surface area contributed by atoms with Gasteiger partial charge >= 0.3 is 0 Å². The van der Waals surface area contributed by atoms with Crippen LogP contribution in [0.3, 0.4) is 0 Å².